The Labute approximate surface area is 350 Å². The summed E-state index contributed by atoms with van der Waals surface area (Å²) in [6.45, 7) is 7.91. The van der Waals surface area contributed by atoms with Crippen molar-refractivity contribution >= 4 is 56.4 Å². The normalized spacial score (nSPS) is 14.0. The molecule has 2 N–H and O–H groups in total. The predicted molar refractivity (Wildman–Crippen MR) is 236 cm³/mol. The minimum absolute atomic E-state index is 0.138. The molecular weight excluding hydrogens is 792 g/mol. The van der Waals surface area contributed by atoms with Crippen molar-refractivity contribution in [2.45, 2.75) is 42.1 Å². The number of carbonyl (C=O) groups excluding carboxylic acids is 1. The lowest BCUT2D eigenvalue weighted by molar-refractivity contribution is -0.384. The SMILES string of the molecule is CCCN(C)CC[C@H](CSc1ccccc1)Nc1ccc(S(=O)(=O)NC(=O)c2ccc(N3CCN(Cc4ccccc4-c4ccc(Cl)cc4)CC3)cc2)cc1[N+](=O)[O-]. The number of nitrogens with one attached hydrogen (secondary N) is 2. The Morgan fingerprint density at radius 3 is 2.28 bits per heavy atom. The quantitative estimate of drug-likeness (QED) is 0.0503. The number of nitrogens with zero attached hydrogens (tertiary/aromatic N) is 4. The summed E-state index contributed by atoms with van der Waals surface area (Å²) in [7, 11) is -2.39. The van der Waals surface area contributed by atoms with E-state index in [9.17, 15) is 23.3 Å². The maximum Gasteiger partial charge on any atom is 0.293 e. The van der Waals surface area contributed by atoms with Gasteiger partial charge in [0.1, 0.15) is 5.69 Å². The second kappa shape index (κ2) is 20.2. The van der Waals surface area contributed by atoms with Gasteiger partial charge in [-0.15, -0.1) is 11.8 Å². The second-order valence-electron chi connectivity index (χ2n) is 14.4. The molecule has 0 aromatic heterocycles. The number of hydrogen-bond donors (Lipinski definition) is 2. The number of nitro groups is 1. The summed E-state index contributed by atoms with van der Waals surface area (Å²) in [5.74, 6) is -0.178. The van der Waals surface area contributed by atoms with E-state index in [2.05, 4.69) is 49.9 Å². The molecule has 0 bridgehead atoms. The monoisotopic (exact) mass is 840 g/mol. The number of sulfonamides is 1. The van der Waals surface area contributed by atoms with Crippen LogP contribution in [-0.2, 0) is 16.6 Å². The maximum absolute atomic E-state index is 13.4. The van der Waals surface area contributed by atoms with E-state index in [1.165, 1.54) is 23.3 Å². The summed E-state index contributed by atoms with van der Waals surface area (Å²) in [4.78, 5) is 32.4. The molecule has 1 atom stereocenters. The largest absolute Gasteiger partial charge is 0.376 e. The van der Waals surface area contributed by atoms with E-state index in [-0.39, 0.29) is 27.9 Å². The molecular formula is C44H49ClN6O5S2. The van der Waals surface area contributed by atoms with Gasteiger partial charge >= 0.3 is 0 Å². The molecule has 1 saturated heterocycles. The molecule has 58 heavy (non-hydrogen) atoms. The Balaban J connectivity index is 1.06. The van der Waals surface area contributed by atoms with E-state index in [0.29, 0.717) is 10.8 Å². The van der Waals surface area contributed by atoms with Crippen LogP contribution in [0.1, 0.15) is 35.7 Å². The number of benzene rings is 5. The van der Waals surface area contributed by atoms with Crippen molar-refractivity contribution in [1.29, 1.82) is 0 Å². The van der Waals surface area contributed by atoms with E-state index in [4.69, 9.17) is 11.6 Å². The molecule has 0 saturated carbocycles. The van der Waals surface area contributed by atoms with Gasteiger partial charge in [0.05, 0.1) is 9.82 Å². The van der Waals surface area contributed by atoms with Crippen LogP contribution in [0, 0.1) is 10.1 Å². The number of nitro benzene ring substituents is 1. The lowest BCUT2D eigenvalue weighted by atomic mass is 9.99. The number of rotatable bonds is 18. The van der Waals surface area contributed by atoms with Crippen LogP contribution in [0.15, 0.2) is 131 Å². The van der Waals surface area contributed by atoms with Crippen molar-refractivity contribution in [3.63, 3.8) is 0 Å². The van der Waals surface area contributed by atoms with Crippen LogP contribution >= 0.6 is 23.4 Å². The standard InChI is InChI=1S/C44H49ClN6O5S2/c1-3-24-48(2)25-23-37(32-57-39-10-5-4-6-11-39)46-42-22-21-40(30-43(42)51(53)54)58(55,56)47-44(52)34-15-19-38(20-16-34)50-28-26-49(27-29-50)31-35-9-7-8-12-41(35)33-13-17-36(45)18-14-33/h4-22,30,37,46H,3,23-29,31-32H2,1-2H3,(H,47,52)/t37-/m1/s1. The first-order valence-corrected chi connectivity index (χ1v) is 22.2. The molecule has 0 spiro atoms. The zero-order chi connectivity index (χ0) is 41.1. The van der Waals surface area contributed by atoms with Crippen LogP contribution in [0.2, 0.25) is 5.02 Å². The first kappa shape index (κ1) is 42.7. The summed E-state index contributed by atoms with van der Waals surface area (Å²) in [6.07, 6.45) is 1.73. The van der Waals surface area contributed by atoms with E-state index < -0.39 is 20.9 Å². The summed E-state index contributed by atoms with van der Waals surface area (Å²) in [5.41, 5.74) is 4.47. The molecule has 304 valence electrons. The van der Waals surface area contributed by atoms with Gasteiger partial charge in [0.2, 0.25) is 0 Å². The van der Waals surface area contributed by atoms with Gasteiger partial charge in [-0.3, -0.25) is 19.8 Å². The van der Waals surface area contributed by atoms with Crippen LogP contribution in [0.4, 0.5) is 17.1 Å². The van der Waals surface area contributed by atoms with Crippen molar-refractivity contribution in [1.82, 2.24) is 14.5 Å². The van der Waals surface area contributed by atoms with Crippen LogP contribution < -0.4 is 14.9 Å². The number of amides is 1. The molecule has 0 radical (unpaired) electrons. The summed E-state index contributed by atoms with van der Waals surface area (Å²) < 4.78 is 28.9. The Bertz CT molecular complexity index is 2260. The van der Waals surface area contributed by atoms with E-state index in [1.54, 1.807) is 23.9 Å². The van der Waals surface area contributed by atoms with Crippen LogP contribution in [0.25, 0.3) is 11.1 Å². The van der Waals surface area contributed by atoms with Crippen LogP contribution in [-0.4, -0.2) is 87.2 Å². The van der Waals surface area contributed by atoms with Gasteiger partial charge in [-0.25, -0.2) is 13.1 Å². The van der Waals surface area contributed by atoms with Gasteiger partial charge in [0, 0.05) is 71.8 Å². The highest BCUT2D eigenvalue weighted by molar-refractivity contribution is 7.99. The third-order valence-electron chi connectivity index (χ3n) is 10.2. The average Bonchev–Trinajstić information content (AvgIpc) is 3.23. The molecule has 1 aliphatic heterocycles. The van der Waals surface area contributed by atoms with Crippen LogP contribution in [0.5, 0.6) is 0 Å². The van der Waals surface area contributed by atoms with Gasteiger partial charge in [-0.2, -0.15) is 0 Å². The second-order valence-corrected chi connectivity index (χ2v) is 17.6. The highest BCUT2D eigenvalue weighted by Gasteiger charge is 2.26. The van der Waals surface area contributed by atoms with E-state index in [1.807, 2.05) is 79.8 Å². The van der Waals surface area contributed by atoms with Crippen molar-refractivity contribution in [2.24, 2.45) is 0 Å². The van der Waals surface area contributed by atoms with E-state index in [0.717, 1.165) is 80.9 Å². The first-order chi connectivity index (χ1) is 28.0. The minimum atomic E-state index is -4.43. The fourth-order valence-corrected chi connectivity index (χ4v) is 9.10. The number of halogens is 1. The lowest BCUT2D eigenvalue weighted by Crippen LogP contribution is -2.46. The van der Waals surface area contributed by atoms with Gasteiger partial charge in [0.25, 0.3) is 21.6 Å². The Morgan fingerprint density at radius 1 is 0.897 bits per heavy atom. The molecule has 1 aliphatic rings. The fraction of sp³-hybridized carbons (Fsp3) is 0.295. The molecule has 1 heterocycles. The van der Waals surface area contributed by atoms with Crippen molar-refractivity contribution in [3.05, 3.63) is 148 Å². The zero-order valence-corrected chi connectivity index (χ0v) is 35.1. The van der Waals surface area contributed by atoms with Gasteiger partial charge in [-0.05, 0) is 110 Å². The van der Waals surface area contributed by atoms with Crippen LogP contribution in [0.3, 0.4) is 0 Å². The van der Waals surface area contributed by atoms with E-state index >= 15 is 0 Å². The van der Waals surface area contributed by atoms with Crippen molar-refractivity contribution in [3.8, 4) is 11.1 Å². The Kier molecular flexibility index (Phi) is 14.8. The summed E-state index contributed by atoms with van der Waals surface area (Å²) in [5, 5.41) is 16.3. The number of hydrogen-bond acceptors (Lipinski definition) is 10. The predicted octanol–water partition coefficient (Wildman–Crippen LogP) is 8.66. The number of piperazine rings is 1. The molecule has 6 rings (SSSR count). The molecule has 0 unspecified atom stereocenters. The number of thioether (sulfide) groups is 1. The molecule has 11 nitrogen and oxygen atoms in total. The molecule has 5 aromatic rings. The minimum Gasteiger partial charge on any atom is -0.376 e. The van der Waals surface area contributed by atoms with Crippen molar-refractivity contribution in [2.75, 3.05) is 62.3 Å². The topological polar surface area (TPSA) is 128 Å². The average molecular weight is 841 g/mol. The third-order valence-corrected chi connectivity index (χ3v) is 12.9. The van der Waals surface area contributed by atoms with Gasteiger partial charge < -0.3 is 15.1 Å². The summed E-state index contributed by atoms with van der Waals surface area (Å²) in [6, 6.07) is 36.6. The third kappa shape index (κ3) is 11.6. The molecule has 1 fully saturated rings. The first-order valence-electron chi connectivity index (χ1n) is 19.4. The summed E-state index contributed by atoms with van der Waals surface area (Å²) >= 11 is 7.77. The molecule has 14 heteroatoms. The van der Waals surface area contributed by atoms with Gasteiger partial charge in [0.15, 0.2) is 0 Å². The number of anilines is 2. The van der Waals surface area contributed by atoms with Crippen molar-refractivity contribution < 1.29 is 18.1 Å². The lowest BCUT2D eigenvalue weighted by Gasteiger charge is -2.36. The molecule has 5 aromatic carbocycles. The molecule has 0 aliphatic carbocycles. The molecule has 1 amide bonds. The Morgan fingerprint density at radius 2 is 1.59 bits per heavy atom. The van der Waals surface area contributed by atoms with Gasteiger partial charge in [-0.1, -0.05) is 73.1 Å². The number of carbonyl (C=O) groups is 1. The smallest absolute Gasteiger partial charge is 0.293 e. The fourth-order valence-electron chi connectivity index (χ4n) is 6.99. The highest BCUT2D eigenvalue weighted by Crippen LogP contribution is 2.31. The zero-order valence-electron chi connectivity index (χ0n) is 32.7. The highest BCUT2D eigenvalue weighted by atomic mass is 35.5. The maximum atomic E-state index is 13.4. The Hall–Kier alpha value is -4.92.